The van der Waals surface area contributed by atoms with Gasteiger partial charge in [0, 0.05) is 11.6 Å². The molecule has 4 saturated carbocycles. The van der Waals surface area contributed by atoms with Crippen LogP contribution in [0.2, 0.25) is 0 Å². The fraction of sp³-hybridized carbons (Fsp3) is 0.615. The topological polar surface area (TPSA) is 56.0 Å². The molecule has 30 heavy (non-hydrogen) atoms. The Morgan fingerprint density at radius 3 is 2.57 bits per heavy atom. The maximum atomic E-state index is 13.9. The van der Waals surface area contributed by atoms with Crippen LogP contribution in [0.5, 0.6) is 0 Å². The van der Waals surface area contributed by atoms with Crippen molar-refractivity contribution in [3.63, 3.8) is 0 Å². The van der Waals surface area contributed by atoms with Gasteiger partial charge in [-0.05, 0) is 117 Å². The van der Waals surface area contributed by atoms with E-state index in [9.17, 15) is 9.18 Å². The maximum Gasteiger partial charge on any atom is 0.223 e. The third kappa shape index (κ3) is 3.23. The van der Waals surface area contributed by atoms with E-state index < -0.39 is 0 Å². The molecule has 6 rings (SSSR count). The van der Waals surface area contributed by atoms with E-state index in [1.165, 1.54) is 43.7 Å². The summed E-state index contributed by atoms with van der Waals surface area (Å²) >= 11 is 0. The first-order chi connectivity index (χ1) is 14.5. The van der Waals surface area contributed by atoms with E-state index in [1.54, 1.807) is 12.1 Å². The molecule has 0 aliphatic heterocycles. The molecular formula is C26H33FN2O. The van der Waals surface area contributed by atoms with Crippen LogP contribution in [0.15, 0.2) is 30.5 Å². The summed E-state index contributed by atoms with van der Waals surface area (Å²) in [4.78, 5) is 16.9. The molecule has 160 valence electrons. The third-order valence-corrected chi connectivity index (χ3v) is 9.11. The van der Waals surface area contributed by atoms with Crippen molar-refractivity contribution in [2.45, 2.75) is 70.6 Å². The number of primary amides is 1. The summed E-state index contributed by atoms with van der Waals surface area (Å²) in [6, 6.07) is 6.99. The standard InChI is InChI=1S/C26H33FN2O/c1-16(23-14-17-8-11-26(23,12-9-17)25(28)30)18-2-4-19(5-3-18)21-10-13-29-24-7-6-20(27)15-22(21)24/h6-7,10,13,15-19,23H,2-5,8-9,11-12,14H2,1H3,(H2,28,30)/t16-,17?,18?,19?,23?,26?/m1/s1. The Balaban J connectivity index is 1.32. The van der Waals surface area contributed by atoms with E-state index in [2.05, 4.69) is 18.0 Å². The molecule has 4 fully saturated rings. The SMILES string of the molecule is C[C@H](C1CCC(c2ccnc3ccc(F)cc23)CC1)C1CC2CCC1(C(N)=O)CC2. The van der Waals surface area contributed by atoms with Gasteiger partial charge in [-0.2, -0.15) is 0 Å². The Bertz CT molecular complexity index is 941. The number of benzene rings is 1. The van der Waals surface area contributed by atoms with Crippen molar-refractivity contribution >= 4 is 16.8 Å². The minimum absolute atomic E-state index is 0.0449. The van der Waals surface area contributed by atoms with E-state index in [0.29, 0.717) is 23.7 Å². The maximum absolute atomic E-state index is 13.9. The molecule has 1 aromatic carbocycles. The van der Waals surface area contributed by atoms with E-state index in [-0.39, 0.29) is 17.1 Å². The lowest BCUT2D eigenvalue weighted by Gasteiger charge is -2.54. The van der Waals surface area contributed by atoms with Crippen LogP contribution in [0.25, 0.3) is 10.9 Å². The molecule has 1 unspecified atom stereocenters. The molecule has 2 aromatic rings. The van der Waals surface area contributed by atoms with Crippen LogP contribution < -0.4 is 5.73 Å². The smallest absolute Gasteiger partial charge is 0.223 e. The number of nitrogens with zero attached hydrogens (tertiary/aromatic N) is 1. The molecule has 3 nitrogen and oxygen atoms in total. The Kier molecular flexibility index (Phi) is 5.07. The van der Waals surface area contributed by atoms with E-state index >= 15 is 0 Å². The highest BCUT2D eigenvalue weighted by Crippen LogP contribution is 2.58. The second kappa shape index (κ2) is 7.62. The molecule has 4 aliphatic carbocycles. The molecule has 4 aliphatic rings. The van der Waals surface area contributed by atoms with Gasteiger partial charge in [0.1, 0.15) is 5.82 Å². The van der Waals surface area contributed by atoms with Crippen LogP contribution in [0.4, 0.5) is 4.39 Å². The number of hydrogen-bond donors (Lipinski definition) is 1. The zero-order valence-corrected chi connectivity index (χ0v) is 17.9. The molecule has 1 amide bonds. The summed E-state index contributed by atoms with van der Waals surface area (Å²) in [5.41, 5.74) is 7.86. The summed E-state index contributed by atoms with van der Waals surface area (Å²) in [7, 11) is 0. The van der Waals surface area contributed by atoms with Crippen LogP contribution >= 0.6 is 0 Å². The summed E-state index contributed by atoms with van der Waals surface area (Å²) in [6.45, 7) is 2.39. The van der Waals surface area contributed by atoms with Crippen LogP contribution in [0, 0.1) is 34.9 Å². The fourth-order valence-corrected chi connectivity index (χ4v) is 7.31. The zero-order chi connectivity index (χ0) is 20.9. The van der Waals surface area contributed by atoms with Gasteiger partial charge in [-0.3, -0.25) is 9.78 Å². The van der Waals surface area contributed by atoms with Gasteiger partial charge >= 0.3 is 0 Å². The molecule has 2 atom stereocenters. The first-order valence-electron chi connectivity index (χ1n) is 11.8. The quantitative estimate of drug-likeness (QED) is 0.678. The highest BCUT2D eigenvalue weighted by Gasteiger charge is 2.54. The van der Waals surface area contributed by atoms with E-state index in [4.69, 9.17) is 5.73 Å². The summed E-state index contributed by atoms with van der Waals surface area (Å²) < 4.78 is 13.9. The molecule has 0 spiro atoms. The number of halogens is 1. The van der Waals surface area contributed by atoms with Gasteiger partial charge < -0.3 is 5.73 Å². The molecular weight excluding hydrogens is 375 g/mol. The van der Waals surface area contributed by atoms with Crippen LogP contribution in [0.3, 0.4) is 0 Å². The molecule has 1 heterocycles. The lowest BCUT2D eigenvalue weighted by atomic mass is 9.50. The average molecular weight is 409 g/mol. The molecule has 4 heteroatoms. The predicted molar refractivity (Wildman–Crippen MR) is 117 cm³/mol. The lowest BCUT2D eigenvalue weighted by Crippen LogP contribution is -2.53. The Labute approximate surface area is 178 Å². The monoisotopic (exact) mass is 408 g/mol. The lowest BCUT2D eigenvalue weighted by molar-refractivity contribution is -0.144. The van der Waals surface area contributed by atoms with Crippen LogP contribution in [-0.4, -0.2) is 10.9 Å². The number of fused-ring (bicyclic) bond motifs is 4. The molecule has 1 aromatic heterocycles. The van der Waals surface area contributed by atoms with Crippen LogP contribution in [-0.2, 0) is 4.79 Å². The van der Waals surface area contributed by atoms with Gasteiger partial charge in [0.25, 0.3) is 0 Å². The van der Waals surface area contributed by atoms with Gasteiger partial charge in [0.15, 0.2) is 0 Å². The van der Waals surface area contributed by atoms with Crippen molar-refractivity contribution in [3.8, 4) is 0 Å². The zero-order valence-electron chi connectivity index (χ0n) is 17.9. The van der Waals surface area contributed by atoms with Crippen molar-refractivity contribution in [2.75, 3.05) is 0 Å². The highest BCUT2D eigenvalue weighted by molar-refractivity contribution is 5.83. The summed E-state index contributed by atoms with van der Waals surface area (Å²) in [5.74, 6) is 2.70. The minimum Gasteiger partial charge on any atom is -0.369 e. The normalized spacial score (nSPS) is 34.7. The molecule has 2 N–H and O–H groups in total. The number of carbonyl (C=O) groups is 1. The van der Waals surface area contributed by atoms with Gasteiger partial charge in [-0.15, -0.1) is 0 Å². The van der Waals surface area contributed by atoms with Crippen molar-refractivity contribution in [1.29, 1.82) is 0 Å². The van der Waals surface area contributed by atoms with Crippen LogP contribution in [0.1, 0.15) is 76.2 Å². The van der Waals surface area contributed by atoms with Crippen molar-refractivity contribution in [2.24, 2.45) is 34.8 Å². The van der Waals surface area contributed by atoms with Gasteiger partial charge in [0.2, 0.25) is 5.91 Å². The Morgan fingerprint density at radius 1 is 1.13 bits per heavy atom. The average Bonchev–Trinajstić information content (AvgIpc) is 2.79. The number of carbonyl (C=O) groups excluding carboxylic acids is 1. The van der Waals surface area contributed by atoms with Gasteiger partial charge in [0.05, 0.1) is 10.9 Å². The molecule has 2 bridgehead atoms. The largest absolute Gasteiger partial charge is 0.369 e. The summed E-state index contributed by atoms with van der Waals surface area (Å²) in [6.07, 6.45) is 12.1. The first kappa shape index (κ1) is 20.0. The minimum atomic E-state index is -0.246. The van der Waals surface area contributed by atoms with Crippen molar-refractivity contribution < 1.29 is 9.18 Å². The highest BCUT2D eigenvalue weighted by atomic mass is 19.1. The van der Waals surface area contributed by atoms with Crippen molar-refractivity contribution in [1.82, 2.24) is 4.98 Å². The second-order valence-electron chi connectivity index (χ2n) is 10.3. The van der Waals surface area contributed by atoms with E-state index in [0.717, 1.165) is 42.5 Å². The number of rotatable bonds is 4. The van der Waals surface area contributed by atoms with Gasteiger partial charge in [-0.1, -0.05) is 6.92 Å². The number of pyridine rings is 1. The number of aromatic nitrogens is 1. The Morgan fingerprint density at radius 2 is 1.87 bits per heavy atom. The predicted octanol–water partition coefficient (Wildman–Crippen LogP) is 5.97. The second-order valence-corrected chi connectivity index (χ2v) is 10.3. The van der Waals surface area contributed by atoms with Crippen molar-refractivity contribution in [3.05, 3.63) is 41.8 Å². The number of amides is 1. The summed E-state index contributed by atoms with van der Waals surface area (Å²) in [5, 5.41) is 0.964. The first-order valence-corrected chi connectivity index (χ1v) is 11.8. The molecule has 0 saturated heterocycles. The number of hydrogen-bond acceptors (Lipinski definition) is 2. The Hall–Kier alpha value is -1.97. The van der Waals surface area contributed by atoms with E-state index in [1.807, 2.05) is 6.20 Å². The fourth-order valence-electron chi connectivity index (χ4n) is 7.31. The van der Waals surface area contributed by atoms with Gasteiger partial charge in [-0.25, -0.2) is 4.39 Å². The molecule has 0 radical (unpaired) electrons. The third-order valence-electron chi connectivity index (χ3n) is 9.11. The number of nitrogens with two attached hydrogens (primary N) is 1.